The molecule has 0 aromatic carbocycles. The lowest BCUT2D eigenvalue weighted by Gasteiger charge is -2.20. The fourth-order valence-corrected chi connectivity index (χ4v) is 3.44. The van der Waals surface area contributed by atoms with Gasteiger partial charge in [-0.1, -0.05) is 19.1 Å². The lowest BCUT2D eigenvalue weighted by molar-refractivity contribution is 0.448. The van der Waals surface area contributed by atoms with Gasteiger partial charge < -0.3 is 5.73 Å². The Morgan fingerprint density at radius 1 is 1.57 bits per heavy atom. The Bertz CT molecular complexity index is 309. The van der Waals surface area contributed by atoms with Gasteiger partial charge in [-0.25, -0.2) is 8.42 Å². The monoisotopic (exact) mass is 236 g/mol. The van der Waals surface area contributed by atoms with E-state index < -0.39 is 10.0 Å². The summed E-state index contributed by atoms with van der Waals surface area (Å²) < 4.78 is 25.1. The minimum Gasteiger partial charge on any atom is -0.392 e. The van der Waals surface area contributed by atoms with Crippen LogP contribution in [0.2, 0.25) is 0 Å². The van der Waals surface area contributed by atoms with E-state index in [0.29, 0.717) is 6.54 Å². The van der Waals surface area contributed by atoms with Crippen molar-refractivity contribution in [1.29, 1.82) is 0 Å². The molecule has 0 aromatic rings. The first-order chi connectivity index (χ1) is 6.48. The third-order valence-electron chi connectivity index (χ3n) is 2.11. The van der Waals surface area contributed by atoms with Crippen LogP contribution in [0.25, 0.3) is 0 Å². The van der Waals surface area contributed by atoms with Crippen LogP contribution >= 0.6 is 12.2 Å². The molecule has 0 heterocycles. The highest BCUT2D eigenvalue weighted by atomic mass is 32.2. The molecule has 0 amide bonds. The molecule has 0 atom stereocenters. The fraction of sp³-hybridized carbons (Fsp3) is 0.875. The maximum atomic E-state index is 11.8. The summed E-state index contributed by atoms with van der Waals surface area (Å²) in [6.07, 6.45) is 2.34. The Hall–Kier alpha value is -0.200. The van der Waals surface area contributed by atoms with Gasteiger partial charge in [-0.2, -0.15) is 4.31 Å². The molecule has 0 aliphatic heterocycles. The summed E-state index contributed by atoms with van der Waals surface area (Å²) in [6, 6.07) is 0. The predicted octanol–water partition coefficient (Wildman–Crippen LogP) is 0.477. The Kier molecular flexibility index (Phi) is 3.86. The summed E-state index contributed by atoms with van der Waals surface area (Å²) in [7, 11) is -3.12. The van der Waals surface area contributed by atoms with Crippen LogP contribution in [-0.2, 0) is 10.0 Å². The van der Waals surface area contributed by atoms with Crippen LogP contribution < -0.4 is 5.73 Å². The van der Waals surface area contributed by atoms with Gasteiger partial charge in [0.2, 0.25) is 10.0 Å². The minimum absolute atomic E-state index is 0.177. The van der Waals surface area contributed by atoms with Crippen molar-refractivity contribution < 1.29 is 8.42 Å². The predicted molar refractivity (Wildman–Crippen MR) is 60.6 cm³/mol. The van der Waals surface area contributed by atoms with Crippen molar-refractivity contribution in [2.24, 2.45) is 5.73 Å². The highest BCUT2D eigenvalue weighted by Crippen LogP contribution is 2.30. The summed E-state index contributed by atoms with van der Waals surface area (Å²) >= 11 is 4.73. The first-order valence-corrected chi connectivity index (χ1v) is 6.67. The molecule has 4 nitrogen and oxygen atoms in total. The molecule has 1 rings (SSSR count). The van der Waals surface area contributed by atoms with Gasteiger partial charge in [-0.05, 0) is 19.3 Å². The Morgan fingerprint density at radius 3 is 2.50 bits per heavy atom. The Labute approximate surface area is 90.5 Å². The molecule has 1 aliphatic carbocycles. The topological polar surface area (TPSA) is 63.4 Å². The van der Waals surface area contributed by atoms with E-state index in [1.54, 1.807) is 0 Å². The third kappa shape index (κ3) is 2.90. The van der Waals surface area contributed by atoms with Crippen LogP contribution in [0.3, 0.4) is 0 Å². The smallest absolute Gasteiger partial charge is 0.217 e. The molecular formula is C8H16N2O2S2. The number of sulfonamides is 1. The Balaban J connectivity index is 2.70. The van der Waals surface area contributed by atoms with E-state index >= 15 is 0 Å². The van der Waals surface area contributed by atoms with Crippen LogP contribution in [0, 0.1) is 0 Å². The fourth-order valence-electron chi connectivity index (χ4n) is 1.30. The van der Waals surface area contributed by atoms with E-state index in [1.807, 2.05) is 6.92 Å². The minimum atomic E-state index is -3.12. The lowest BCUT2D eigenvalue weighted by Crippen LogP contribution is -2.39. The second-order valence-electron chi connectivity index (χ2n) is 3.54. The molecular weight excluding hydrogens is 220 g/mol. The average Bonchev–Trinajstić information content (AvgIpc) is 2.84. The maximum Gasteiger partial charge on any atom is 0.217 e. The second-order valence-corrected chi connectivity index (χ2v) is 6.28. The normalized spacial score (nSPS) is 17.3. The highest BCUT2D eigenvalue weighted by molar-refractivity contribution is 7.90. The van der Waals surface area contributed by atoms with Crippen molar-refractivity contribution in [2.75, 3.05) is 13.1 Å². The third-order valence-corrected chi connectivity index (χ3v) is 4.59. The van der Waals surface area contributed by atoms with Crippen LogP contribution in [0.15, 0.2) is 0 Å². The van der Waals surface area contributed by atoms with Gasteiger partial charge in [0, 0.05) is 6.54 Å². The van der Waals surface area contributed by atoms with Crippen molar-refractivity contribution in [3.8, 4) is 0 Å². The van der Waals surface area contributed by atoms with Crippen LogP contribution in [-0.4, -0.2) is 36.1 Å². The zero-order valence-electron chi connectivity index (χ0n) is 8.27. The van der Waals surface area contributed by atoms with E-state index in [-0.39, 0.29) is 16.8 Å². The number of hydrogen-bond acceptors (Lipinski definition) is 3. The molecule has 82 valence electrons. The van der Waals surface area contributed by atoms with Gasteiger partial charge >= 0.3 is 0 Å². The number of hydrogen-bond donors (Lipinski definition) is 1. The first kappa shape index (κ1) is 11.9. The van der Waals surface area contributed by atoms with Gasteiger partial charge in [0.1, 0.15) is 0 Å². The van der Waals surface area contributed by atoms with Crippen molar-refractivity contribution >= 4 is 27.2 Å². The van der Waals surface area contributed by atoms with Crippen molar-refractivity contribution in [2.45, 2.75) is 31.4 Å². The number of thiocarbonyl (C=S) groups is 1. The largest absolute Gasteiger partial charge is 0.392 e. The van der Waals surface area contributed by atoms with E-state index in [9.17, 15) is 8.42 Å². The summed E-state index contributed by atoms with van der Waals surface area (Å²) in [6.45, 7) is 2.63. The molecule has 6 heteroatoms. The maximum absolute atomic E-state index is 11.8. The lowest BCUT2D eigenvalue weighted by atomic mass is 10.5. The summed E-state index contributed by atoms with van der Waals surface area (Å²) in [5.74, 6) is 0. The zero-order chi connectivity index (χ0) is 10.8. The van der Waals surface area contributed by atoms with Crippen molar-refractivity contribution in [3.05, 3.63) is 0 Å². The Morgan fingerprint density at radius 2 is 2.14 bits per heavy atom. The summed E-state index contributed by atoms with van der Waals surface area (Å²) in [5.41, 5.74) is 5.37. The molecule has 2 N–H and O–H groups in total. The molecule has 14 heavy (non-hydrogen) atoms. The quantitative estimate of drug-likeness (QED) is 0.681. The zero-order valence-corrected chi connectivity index (χ0v) is 9.90. The van der Waals surface area contributed by atoms with E-state index in [2.05, 4.69) is 0 Å². The summed E-state index contributed by atoms with van der Waals surface area (Å²) in [4.78, 5) is 0.239. The van der Waals surface area contributed by atoms with Crippen molar-refractivity contribution in [1.82, 2.24) is 4.31 Å². The molecule has 0 spiro atoms. The molecule has 0 bridgehead atoms. The van der Waals surface area contributed by atoms with Gasteiger partial charge in [0.25, 0.3) is 0 Å². The van der Waals surface area contributed by atoms with Gasteiger partial charge in [0.15, 0.2) is 0 Å². The van der Waals surface area contributed by atoms with Crippen LogP contribution in [0.1, 0.15) is 26.2 Å². The molecule has 1 fully saturated rings. The molecule has 0 aromatic heterocycles. The average molecular weight is 236 g/mol. The molecule has 0 radical (unpaired) electrons. The standard InChI is InChI=1S/C8H16N2O2S2/c1-2-5-10(6-8(9)13)14(11,12)7-3-4-7/h7H,2-6H2,1H3,(H2,9,13). The van der Waals surface area contributed by atoms with E-state index in [0.717, 1.165) is 19.3 Å². The second kappa shape index (κ2) is 4.55. The summed E-state index contributed by atoms with van der Waals surface area (Å²) in [5, 5.41) is -0.177. The molecule has 0 unspecified atom stereocenters. The SMILES string of the molecule is CCCN(CC(N)=S)S(=O)(=O)C1CC1. The van der Waals surface area contributed by atoms with Gasteiger partial charge in [0.05, 0.1) is 16.8 Å². The molecule has 1 aliphatic rings. The van der Waals surface area contributed by atoms with E-state index in [1.165, 1.54) is 4.31 Å². The number of nitrogens with two attached hydrogens (primary N) is 1. The van der Waals surface area contributed by atoms with Crippen LogP contribution in [0.5, 0.6) is 0 Å². The van der Waals surface area contributed by atoms with Crippen molar-refractivity contribution in [3.63, 3.8) is 0 Å². The van der Waals surface area contributed by atoms with Crippen LogP contribution in [0.4, 0.5) is 0 Å². The van der Waals surface area contributed by atoms with Gasteiger partial charge in [-0.3, -0.25) is 0 Å². The first-order valence-electron chi connectivity index (χ1n) is 4.75. The highest BCUT2D eigenvalue weighted by Gasteiger charge is 2.39. The van der Waals surface area contributed by atoms with E-state index in [4.69, 9.17) is 18.0 Å². The molecule has 1 saturated carbocycles. The number of rotatable bonds is 6. The molecule has 0 saturated heterocycles. The number of nitrogens with zero attached hydrogens (tertiary/aromatic N) is 1. The van der Waals surface area contributed by atoms with Gasteiger partial charge in [-0.15, -0.1) is 0 Å².